The van der Waals surface area contributed by atoms with Gasteiger partial charge >= 0.3 is 0 Å². The van der Waals surface area contributed by atoms with Crippen molar-refractivity contribution < 1.29 is 13.5 Å². The summed E-state index contributed by atoms with van der Waals surface area (Å²) in [5.41, 5.74) is 0.558. The summed E-state index contributed by atoms with van der Waals surface area (Å²) < 4.78 is 34.1. The van der Waals surface area contributed by atoms with E-state index in [1.54, 1.807) is 18.5 Å². The Morgan fingerprint density at radius 2 is 2.05 bits per heavy atom. The highest BCUT2D eigenvalue weighted by molar-refractivity contribution is 9.10. The molecule has 3 aromatic rings. The number of rotatable bonds is 2. The lowest BCUT2D eigenvalue weighted by Gasteiger charge is -2.08. The minimum atomic E-state index is -1.06. The van der Waals surface area contributed by atoms with Crippen LogP contribution in [0.2, 0.25) is 0 Å². The van der Waals surface area contributed by atoms with Crippen molar-refractivity contribution in [2.75, 3.05) is 0 Å². The third kappa shape index (κ3) is 2.17. The third-order valence-electron chi connectivity index (χ3n) is 2.46. The van der Waals surface area contributed by atoms with E-state index in [0.29, 0.717) is 9.99 Å². The fourth-order valence-corrected chi connectivity index (χ4v) is 2.03. The van der Waals surface area contributed by atoms with Gasteiger partial charge in [-0.05, 0) is 18.2 Å². The van der Waals surface area contributed by atoms with Gasteiger partial charge in [-0.25, -0.2) is 13.9 Å². The highest BCUT2D eigenvalue weighted by Crippen LogP contribution is 2.30. The van der Waals surface area contributed by atoms with Crippen molar-refractivity contribution in [3.63, 3.8) is 0 Å². The minimum absolute atomic E-state index is 0.149. The Kier molecular flexibility index (Phi) is 2.90. The molecular formula is C12H6BrF2N3O. The summed E-state index contributed by atoms with van der Waals surface area (Å²) in [4.78, 5) is 3.99. The van der Waals surface area contributed by atoms with E-state index in [2.05, 4.69) is 26.0 Å². The topological polar surface area (TPSA) is 39.4 Å². The van der Waals surface area contributed by atoms with Crippen molar-refractivity contribution in [1.29, 1.82) is 0 Å². The van der Waals surface area contributed by atoms with Gasteiger partial charge in [0, 0.05) is 16.9 Å². The number of halogens is 3. The number of ether oxygens (including phenoxy) is 1. The van der Waals surface area contributed by atoms with Crippen molar-refractivity contribution in [1.82, 2.24) is 14.6 Å². The maximum absolute atomic E-state index is 13.6. The number of aromatic nitrogens is 3. The van der Waals surface area contributed by atoms with E-state index in [1.165, 1.54) is 16.8 Å². The molecule has 2 heterocycles. The van der Waals surface area contributed by atoms with Crippen LogP contribution in [0.3, 0.4) is 0 Å². The first-order valence-corrected chi connectivity index (χ1v) is 6.05. The first kappa shape index (κ1) is 12.0. The molecule has 0 N–H and O–H groups in total. The summed E-state index contributed by atoms with van der Waals surface area (Å²) in [6.07, 6.45) is 4.64. The standard InChI is InChI=1S/C12H6BrF2N3O/c13-7-5-8(14)11(15)10(6-7)19-12-9-1-2-17-18(9)4-3-16-12/h1-6H. The number of hydrogen-bond acceptors (Lipinski definition) is 3. The fraction of sp³-hybridized carbons (Fsp3) is 0. The highest BCUT2D eigenvalue weighted by atomic mass is 79.9. The maximum atomic E-state index is 13.6. The molecule has 0 amide bonds. The van der Waals surface area contributed by atoms with Gasteiger partial charge in [0.05, 0.1) is 6.20 Å². The number of fused-ring (bicyclic) bond motifs is 1. The Hall–Kier alpha value is -2.02. The molecule has 0 aliphatic carbocycles. The highest BCUT2D eigenvalue weighted by Gasteiger charge is 2.14. The summed E-state index contributed by atoms with van der Waals surface area (Å²) in [5, 5.41) is 4.00. The Balaban J connectivity index is 2.08. The Morgan fingerprint density at radius 3 is 2.89 bits per heavy atom. The van der Waals surface area contributed by atoms with Crippen LogP contribution in [0.5, 0.6) is 11.6 Å². The molecule has 0 aliphatic heterocycles. The quantitative estimate of drug-likeness (QED) is 0.676. The van der Waals surface area contributed by atoms with Crippen molar-refractivity contribution in [3.8, 4) is 11.6 Å². The average Bonchev–Trinajstić information content (AvgIpc) is 2.84. The summed E-state index contributed by atoms with van der Waals surface area (Å²) in [6.45, 7) is 0. The lowest BCUT2D eigenvalue weighted by atomic mass is 10.3. The molecule has 0 spiro atoms. The van der Waals surface area contributed by atoms with Gasteiger partial charge in [0.2, 0.25) is 11.7 Å². The van der Waals surface area contributed by atoms with Gasteiger partial charge in [-0.15, -0.1) is 0 Å². The second kappa shape index (κ2) is 4.58. The lowest BCUT2D eigenvalue weighted by molar-refractivity contribution is 0.406. The molecular weight excluding hydrogens is 320 g/mol. The summed E-state index contributed by atoms with van der Waals surface area (Å²) in [5.74, 6) is -2.15. The predicted molar refractivity (Wildman–Crippen MR) is 67.1 cm³/mol. The van der Waals surface area contributed by atoms with Gasteiger partial charge in [-0.3, -0.25) is 0 Å². The normalized spacial score (nSPS) is 10.9. The molecule has 0 radical (unpaired) electrons. The monoisotopic (exact) mass is 325 g/mol. The van der Waals surface area contributed by atoms with Gasteiger partial charge in [-0.1, -0.05) is 15.9 Å². The Labute approximate surface area is 114 Å². The van der Waals surface area contributed by atoms with E-state index in [0.717, 1.165) is 6.07 Å². The molecule has 0 unspecified atom stereocenters. The molecule has 96 valence electrons. The van der Waals surface area contributed by atoms with E-state index in [9.17, 15) is 8.78 Å². The number of benzene rings is 1. The van der Waals surface area contributed by atoms with Crippen LogP contribution in [0.15, 0.2) is 41.3 Å². The van der Waals surface area contributed by atoms with Crippen molar-refractivity contribution in [2.24, 2.45) is 0 Å². The maximum Gasteiger partial charge on any atom is 0.245 e. The largest absolute Gasteiger partial charge is 0.434 e. The molecule has 0 saturated heterocycles. The molecule has 0 fully saturated rings. The molecule has 0 aliphatic rings. The van der Waals surface area contributed by atoms with Gasteiger partial charge in [-0.2, -0.15) is 9.49 Å². The first-order valence-electron chi connectivity index (χ1n) is 5.26. The van der Waals surface area contributed by atoms with Crippen LogP contribution >= 0.6 is 15.9 Å². The zero-order chi connectivity index (χ0) is 13.4. The molecule has 19 heavy (non-hydrogen) atoms. The summed E-state index contributed by atoms with van der Waals surface area (Å²) in [6, 6.07) is 4.02. The Bertz CT molecular complexity index is 760. The SMILES string of the molecule is Fc1cc(Br)cc(Oc2nccn3nccc23)c1F. The van der Waals surface area contributed by atoms with Crippen LogP contribution < -0.4 is 4.74 Å². The van der Waals surface area contributed by atoms with Crippen LogP contribution in [0.4, 0.5) is 8.78 Å². The smallest absolute Gasteiger partial charge is 0.245 e. The van der Waals surface area contributed by atoms with Gasteiger partial charge in [0.1, 0.15) is 5.52 Å². The first-order chi connectivity index (χ1) is 9.15. The van der Waals surface area contributed by atoms with Crippen LogP contribution in [-0.2, 0) is 0 Å². The van der Waals surface area contributed by atoms with E-state index in [1.807, 2.05) is 0 Å². The second-order valence-corrected chi connectivity index (χ2v) is 4.61. The Morgan fingerprint density at radius 1 is 1.21 bits per heavy atom. The summed E-state index contributed by atoms with van der Waals surface area (Å²) >= 11 is 3.08. The number of nitrogens with zero attached hydrogens (tertiary/aromatic N) is 3. The zero-order valence-corrected chi connectivity index (χ0v) is 10.9. The van der Waals surface area contributed by atoms with Crippen molar-refractivity contribution >= 4 is 21.4 Å². The van der Waals surface area contributed by atoms with E-state index in [-0.39, 0.29) is 11.6 Å². The molecule has 7 heteroatoms. The van der Waals surface area contributed by atoms with Crippen LogP contribution in [0.1, 0.15) is 0 Å². The van der Waals surface area contributed by atoms with Gasteiger partial charge in [0.25, 0.3) is 0 Å². The number of hydrogen-bond donors (Lipinski definition) is 0. The molecule has 0 atom stereocenters. The molecule has 3 rings (SSSR count). The molecule has 0 saturated carbocycles. The van der Waals surface area contributed by atoms with Crippen molar-refractivity contribution in [2.45, 2.75) is 0 Å². The van der Waals surface area contributed by atoms with Gasteiger partial charge in [0.15, 0.2) is 11.6 Å². The van der Waals surface area contributed by atoms with E-state index >= 15 is 0 Å². The predicted octanol–water partition coefficient (Wildman–Crippen LogP) is 3.56. The van der Waals surface area contributed by atoms with Crippen molar-refractivity contribution in [3.05, 3.63) is 52.9 Å². The van der Waals surface area contributed by atoms with Gasteiger partial charge < -0.3 is 4.74 Å². The average molecular weight is 326 g/mol. The van der Waals surface area contributed by atoms with Crippen LogP contribution in [0.25, 0.3) is 5.52 Å². The van der Waals surface area contributed by atoms with Crippen LogP contribution in [0, 0.1) is 11.6 Å². The molecule has 0 bridgehead atoms. The van der Waals surface area contributed by atoms with E-state index < -0.39 is 11.6 Å². The van der Waals surface area contributed by atoms with Crippen LogP contribution in [-0.4, -0.2) is 14.6 Å². The molecule has 2 aromatic heterocycles. The molecule has 4 nitrogen and oxygen atoms in total. The fourth-order valence-electron chi connectivity index (χ4n) is 1.62. The lowest BCUT2D eigenvalue weighted by Crippen LogP contribution is -1.97. The zero-order valence-electron chi connectivity index (χ0n) is 9.35. The summed E-state index contributed by atoms with van der Waals surface area (Å²) in [7, 11) is 0. The molecule has 1 aromatic carbocycles. The third-order valence-corrected chi connectivity index (χ3v) is 2.91. The second-order valence-electron chi connectivity index (χ2n) is 3.70. The van der Waals surface area contributed by atoms with E-state index in [4.69, 9.17) is 4.74 Å². The minimum Gasteiger partial charge on any atom is -0.434 e.